The molecule has 1 aromatic heterocycles. The Bertz CT molecular complexity index is 930. The number of tetrazole rings is 1. The lowest BCUT2D eigenvalue weighted by molar-refractivity contribution is 0.0333. The summed E-state index contributed by atoms with van der Waals surface area (Å²) in [7, 11) is -3.16. The molecule has 2 aliphatic heterocycles. The molecule has 0 radical (unpaired) electrons. The number of aromatic nitrogens is 4. The first-order chi connectivity index (χ1) is 13.0. The number of hydrogen-bond donors (Lipinski definition) is 1. The number of carbonyl (C=O) groups excluding carboxylic acids is 1. The largest absolute Gasteiger partial charge is 0.332 e. The molecule has 0 unspecified atom stereocenters. The van der Waals surface area contributed by atoms with Crippen molar-refractivity contribution in [2.24, 2.45) is 0 Å². The van der Waals surface area contributed by atoms with E-state index in [0.717, 1.165) is 13.0 Å². The van der Waals surface area contributed by atoms with Crippen LogP contribution in [0.2, 0.25) is 0 Å². The number of rotatable bonds is 4. The van der Waals surface area contributed by atoms with Gasteiger partial charge in [-0.15, -0.1) is 10.2 Å². The predicted molar refractivity (Wildman–Crippen MR) is 98.7 cm³/mol. The first kappa shape index (κ1) is 18.1. The van der Waals surface area contributed by atoms with Crippen LogP contribution in [0.4, 0.5) is 0 Å². The Kier molecular flexibility index (Phi) is 4.68. The van der Waals surface area contributed by atoms with E-state index in [1.54, 1.807) is 23.1 Å². The van der Waals surface area contributed by atoms with Crippen molar-refractivity contribution in [1.29, 1.82) is 0 Å². The number of benzene rings is 1. The third-order valence-electron chi connectivity index (χ3n) is 5.31. The predicted octanol–water partition coefficient (Wildman–Crippen LogP) is 0.200. The number of carbonyl (C=O) groups is 1. The Labute approximate surface area is 157 Å². The van der Waals surface area contributed by atoms with E-state index in [-0.39, 0.29) is 29.5 Å². The van der Waals surface area contributed by atoms with Crippen molar-refractivity contribution >= 4 is 15.7 Å². The molecule has 10 heteroatoms. The van der Waals surface area contributed by atoms with E-state index in [1.807, 2.05) is 6.07 Å². The van der Waals surface area contributed by atoms with Gasteiger partial charge >= 0.3 is 0 Å². The normalized spacial score (nSPS) is 24.7. The van der Waals surface area contributed by atoms with Crippen LogP contribution >= 0.6 is 0 Å². The fourth-order valence-electron chi connectivity index (χ4n) is 4.14. The highest BCUT2D eigenvalue weighted by atomic mass is 32.2. The van der Waals surface area contributed by atoms with Gasteiger partial charge in [0.05, 0.1) is 23.1 Å². The number of nitrogens with one attached hydrogen (secondary N) is 1. The van der Waals surface area contributed by atoms with E-state index in [9.17, 15) is 13.2 Å². The van der Waals surface area contributed by atoms with E-state index < -0.39 is 9.84 Å². The molecule has 2 aromatic rings. The maximum absolute atomic E-state index is 13.4. The van der Waals surface area contributed by atoms with Gasteiger partial charge in [0, 0.05) is 24.7 Å². The number of H-pyrrole nitrogens is 1. The van der Waals surface area contributed by atoms with Crippen molar-refractivity contribution in [3.8, 4) is 11.4 Å². The number of piperazine rings is 1. The zero-order valence-electron chi connectivity index (χ0n) is 15.1. The molecule has 0 aliphatic carbocycles. The summed E-state index contributed by atoms with van der Waals surface area (Å²) in [5.74, 6) is 0.305. The lowest BCUT2D eigenvalue weighted by Crippen LogP contribution is -2.60. The second-order valence-corrected chi connectivity index (χ2v) is 9.18. The van der Waals surface area contributed by atoms with Crippen molar-refractivity contribution in [1.82, 2.24) is 30.4 Å². The fraction of sp³-hybridized carbons (Fsp3) is 0.529. The standard InChI is InChI=1S/C17H22N6O3S/c1-2-7-22-8-9-23(15-11-27(25,26)10-14(15)22)17(24)13-6-4-3-5-12(13)16-18-20-21-19-16/h3-6,14-15H,2,7-11H2,1H3,(H,18,19,20,21)/t14-,15+/m1/s1. The molecule has 1 N–H and O–H groups in total. The molecule has 1 amide bonds. The first-order valence-electron chi connectivity index (χ1n) is 9.08. The molecule has 1 aromatic carbocycles. The Balaban J connectivity index is 1.67. The minimum Gasteiger partial charge on any atom is -0.332 e. The lowest BCUT2D eigenvalue weighted by Gasteiger charge is -2.44. The third-order valence-corrected chi connectivity index (χ3v) is 7.01. The maximum atomic E-state index is 13.4. The Morgan fingerprint density at radius 1 is 1.22 bits per heavy atom. The van der Waals surface area contributed by atoms with Crippen molar-refractivity contribution in [2.75, 3.05) is 31.1 Å². The molecule has 2 atom stereocenters. The highest BCUT2D eigenvalue weighted by molar-refractivity contribution is 7.91. The smallest absolute Gasteiger partial charge is 0.254 e. The number of sulfone groups is 1. The highest BCUT2D eigenvalue weighted by Gasteiger charge is 2.48. The summed E-state index contributed by atoms with van der Waals surface area (Å²) in [6.45, 7) is 4.12. The molecule has 0 saturated carbocycles. The van der Waals surface area contributed by atoms with Crippen LogP contribution in [-0.2, 0) is 9.84 Å². The van der Waals surface area contributed by atoms with Crippen LogP contribution < -0.4 is 0 Å². The van der Waals surface area contributed by atoms with Crippen LogP contribution in [0, 0.1) is 0 Å². The van der Waals surface area contributed by atoms with Crippen molar-refractivity contribution in [3.63, 3.8) is 0 Å². The molecular weight excluding hydrogens is 368 g/mol. The van der Waals surface area contributed by atoms with E-state index in [4.69, 9.17) is 0 Å². The number of amides is 1. The van der Waals surface area contributed by atoms with Crippen LogP contribution in [0.15, 0.2) is 24.3 Å². The molecule has 3 heterocycles. The quantitative estimate of drug-likeness (QED) is 0.793. The SMILES string of the molecule is CCCN1CCN(C(=O)c2ccccc2-c2nn[nH]n2)[C@H]2CS(=O)(=O)C[C@H]21. The van der Waals surface area contributed by atoms with Crippen LogP contribution in [0.25, 0.3) is 11.4 Å². The molecule has 2 saturated heterocycles. The van der Waals surface area contributed by atoms with Crippen molar-refractivity contribution < 1.29 is 13.2 Å². The monoisotopic (exact) mass is 390 g/mol. The zero-order chi connectivity index (χ0) is 19.0. The van der Waals surface area contributed by atoms with Crippen LogP contribution in [0.5, 0.6) is 0 Å². The molecule has 0 bridgehead atoms. The molecule has 9 nitrogen and oxygen atoms in total. The van der Waals surface area contributed by atoms with Gasteiger partial charge in [-0.05, 0) is 24.2 Å². The number of hydrogen-bond acceptors (Lipinski definition) is 7. The minimum absolute atomic E-state index is 0.0218. The summed E-state index contributed by atoms with van der Waals surface area (Å²) in [4.78, 5) is 17.3. The van der Waals surface area contributed by atoms with Crippen molar-refractivity contribution in [3.05, 3.63) is 29.8 Å². The second kappa shape index (κ2) is 7.01. The summed E-state index contributed by atoms with van der Waals surface area (Å²) in [5, 5.41) is 13.9. The maximum Gasteiger partial charge on any atom is 0.254 e. The van der Waals surface area contributed by atoms with Gasteiger partial charge in [0.25, 0.3) is 5.91 Å². The third kappa shape index (κ3) is 3.34. The van der Waals surface area contributed by atoms with Gasteiger partial charge in [-0.1, -0.05) is 25.1 Å². The van der Waals surface area contributed by atoms with Gasteiger partial charge < -0.3 is 4.90 Å². The molecule has 27 heavy (non-hydrogen) atoms. The van der Waals surface area contributed by atoms with E-state index in [1.165, 1.54) is 0 Å². The Morgan fingerprint density at radius 2 is 2.00 bits per heavy atom. The average molecular weight is 390 g/mol. The molecule has 4 rings (SSSR count). The summed E-state index contributed by atoms with van der Waals surface area (Å²) >= 11 is 0. The van der Waals surface area contributed by atoms with E-state index in [2.05, 4.69) is 32.4 Å². The fourth-order valence-corrected chi connectivity index (χ4v) is 6.15. The second-order valence-electron chi connectivity index (χ2n) is 7.03. The number of fused-ring (bicyclic) bond motifs is 1. The number of nitrogens with zero attached hydrogens (tertiary/aromatic N) is 5. The molecule has 2 fully saturated rings. The molecule has 2 aliphatic rings. The summed E-state index contributed by atoms with van der Waals surface area (Å²) < 4.78 is 24.6. The minimum atomic E-state index is -3.16. The molecule has 144 valence electrons. The van der Waals surface area contributed by atoms with Gasteiger partial charge in [-0.25, -0.2) is 8.42 Å². The molecular formula is C17H22N6O3S. The van der Waals surface area contributed by atoms with E-state index in [0.29, 0.717) is 30.0 Å². The van der Waals surface area contributed by atoms with Gasteiger partial charge in [-0.3, -0.25) is 9.69 Å². The zero-order valence-corrected chi connectivity index (χ0v) is 15.9. The van der Waals surface area contributed by atoms with Gasteiger partial charge in [0.1, 0.15) is 0 Å². The van der Waals surface area contributed by atoms with Gasteiger partial charge in [0.15, 0.2) is 9.84 Å². The topological polar surface area (TPSA) is 112 Å². The molecule has 0 spiro atoms. The summed E-state index contributed by atoms with van der Waals surface area (Å²) in [6.07, 6.45) is 0.956. The van der Waals surface area contributed by atoms with E-state index >= 15 is 0 Å². The van der Waals surface area contributed by atoms with Crippen molar-refractivity contribution in [2.45, 2.75) is 25.4 Å². The van der Waals surface area contributed by atoms with Crippen LogP contribution in [-0.4, -0.2) is 88.0 Å². The highest BCUT2D eigenvalue weighted by Crippen LogP contribution is 2.30. The van der Waals surface area contributed by atoms with Crippen LogP contribution in [0.1, 0.15) is 23.7 Å². The average Bonchev–Trinajstić information content (AvgIpc) is 3.28. The van der Waals surface area contributed by atoms with Gasteiger partial charge in [0.2, 0.25) is 5.82 Å². The summed E-state index contributed by atoms with van der Waals surface area (Å²) in [6, 6.07) is 6.64. The Morgan fingerprint density at radius 3 is 2.74 bits per heavy atom. The lowest BCUT2D eigenvalue weighted by atomic mass is 10.0. The Hall–Kier alpha value is -2.33. The van der Waals surface area contributed by atoms with Gasteiger partial charge in [-0.2, -0.15) is 5.21 Å². The number of aromatic amines is 1. The summed E-state index contributed by atoms with van der Waals surface area (Å²) in [5.41, 5.74) is 1.05. The first-order valence-corrected chi connectivity index (χ1v) is 10.9. The van der Waals surface area contributed by atoms with Crippen LogP contribution in [0.3, 0.4) is 0 Å².